The first-order chi connectivity index (χ1) is 16.7. The SMILES string of the molecule is N#CC1CN(S(=O)(=O)N2CCC[C@H](C(=O)N3CCC[C@@H]3C(=O)N[C@@H](CO)c3ccc(Cl)cc3)C2)C1. The Morgan fingerprint density at radius 1 is 1.11 bits per heavy atom. The van der Waals surface area contributed by atoms with Gasteiger partial charge in [-0.05, 0) is 43.4 Å². The Hall–Kier alpha value is -2.23. The van der Waals surface area contributed by atoms with E-state index in [9.17, 15) is 23.1 Å². The van der Waals surface area contributed by atoms with Crippen LogP contribution in [0.4, 0.5) is 0 Å². The van der Waals surface area contributed by atoms with E-state index >= 15 is 0 Å². The molecule has 3 aliphatic rings. The maximum absolute atomic E-state index is 13.4. The van der Waals surface area contributed by atoms with E-state index < -0.39 is 28.2 Å². The summed E-state index contributed by atoms with van der Waals surface area (Å²) < 4.78 is 28.5. The van der Waals surface area contributed by atoms with Crippen molar-refractivity contribution in [3.05, 3.63) is 34.9 Å². The van der Waals surface area contributed by atoms with Gasteiger partial charge in [0.05, 0.1) is 30.6 Å². The summed E-state index contributed by atoms with van der Waals surface area (Å²) in [4.78, 5) is 28.1. The number of benzene rings is 1. The van der Waals surface area contributed by atoms with Gasteiger partial charge in [-0.3, -0.25) is 9.59 Å². The number of hydrogen-bond donors (Lipinski definition) is 2. The Balaban J connectivity index is 1.39. The largest absolute Gasteiger partial charge is 0.394 e. The number of carbonyl (C=O) groups excluding carboxylic acids is 2. The van der Waals surface area contributed by atoms with Crippen LogP contribution >= 0.6 is 11.6 Å². The summed E-state index contributed by atoms with van der Waals surface area (Å²) >= 11 is 5.93. The van der Waals surface area contributed by atoms with Gasteiger partial charge in [-0.15, -0.1) is 0 Å². The van der Waals surface area contributed by atoms with Crippen molar-refractivity contribution in [2.75, 3.05) is 39.3 Å². The van der Waals surface area contributed by atoms with Crippen molar-refractivity contribution in [3.63, 3.8) is 0 Å². The molecule has 3 saturated heterocycles. The maximum atomic E-state index is 13.4. The number of nitrogens with zero attached hydrogens (tertiary/aromatic N) is 4. The maximum Gasteiger partial charge on any atom is 0.282 e. The summed E-state index contributed by atoms with van der Waals surface area (Å²) in [7, 11) is -3.71. The lowest BCUT2D eigenvalue weighted by Gasteiger charge is -2.41. The molecule has 2 N–H and O–H groups in total. The van der Waals surface area contributed by atoms with E-state index in [2.05, 4.69) is 11.4 Å². The predicted octanol–water partition coefficient (Wildman–Crippen LogP) is 0.893. The van der Waals surface area contributed by atoms with Crippen molar-refractivity contribution < 1.29 is 23.1 Å². The molecule has 0 aromatic heterocycles. The molecular weight excluding hydrogens is 494 g/mol. The van der Waals surface area contributed by atoms with Gasteiger partial charge in [-0.25, -0.2) is 0 Å². The van der Waals surface area contributed by atoms with Gasteiger partial charge in [0.2, 0.25) is 11.8 Å². The van der Waals surface area contributed by atoms with Gasteiger partial charge in [0.25, 0.3) is 10.2 Å². The Bertz CT molecular complexity index is 1090. The molecule has 3 heterocycles. The third-order valence-corrected chi connectivity index (χ3v) is 9.21. The first kappa shape index (κ1) is 25.9. The molecule has 0 unspecified atom stereocenters. The fraction of sp³-hybridized carbons (Fsp3) is 0.609. The summed E-state index contributed by atoms with van der Waals surface area (Å²) in [6.45, 7) is 0.907. The van der Waals surface area contributed by atoms with Crippen LogP contribution in [0.5, 0.6) is 0 Å². The minimum atomic E-state index is -3.71. The highest BCUT2D eigenvalue weighted by atomic mass is 35.5. The molecule has 2 amide bonds. The van der Waals surface area contributed by atoms with Crippen LogP contribution in [0.15, 0.2) is 24.3 Å². The van der Waals surface area contributed by atoms with E-state index in [0.717, 1.165) is 0 Å². The van der Waals surface area contributed by atoms with E-state index in [0.29, 0.717) is 49.4 Å². The van der Waals surface area contributed by atoms with E-state index in [1.54, 1.807) is 29.2 Å². The number of aliphatic hydroxyl groups is 1. The number of aliphatic hydroxyl groups excluding tert-OH is 1. The number of halogens is 1. The second-order valence-corrected chi connectivity index (χ2v) is 11.7. The normalized spacial score (nSPS) is 25.0. The minimum absolute atomic E-state index is 0.0732. The van der Waals surface area contributed by atoms with Crippen LogP contribution in [-0.2, 0) is 19.8 Å². The van der Waals surface area contributed by atoms with Gasteiger partial charge in [0.15, 0.2) is 0 Å². The Morgan fingerprint density at radius 2 is 1.80 bits per heavy atom. The highest BCUT2D eigenvalue weighted by Crippen LogP contribution is 2.29. The van der Waals surface area contributed by atoms with Gasteiger partial charge in [-0.1, -0.05) is 23.7 Å². The van der Waals surface area contributed by atoms with E-state index in [-0.39, 0.29) is 44.0 Å². The van der Waals surface area contributed by atoms with Gasteiger partial charge in [-0.2, -0.15) is 22.3 Å². The average molecular weight is 524 g/mol. The van der Waals surface area contributed by atoms with Crippen LogP contribution < -0.4 is 5.32 Å². The lowest BCUT2D eigenvalue weighted by Crippen LogP contribution is -2.57. The molecule has 3 aliphatic heterocycles. The molecule has 3 atom stereocenters. The standard InChI is InChI=1S/C23H30ClN5O5S/c24-19-7-5-17(6-8-19)20(15-30)26-22(31)21-4-2-10-29(21)23(32)18-3-1-9-27(14-18)35(33,34)28-12-16(11-25)13-28/h5-8,16,18,20-21,30H,1-4,9-10,12-15H2,(H,26,31)/t18-,20-,21+/m0/s1. The van der Waals surface area contributed by atoms with Gasteiger partial charge in [0.1, 0.15) is 6.04 Å². The molecule has 1 aromatic carbocycles. The molecular formula is C23H30ClN5O5S. The Kier molecular flexibility index (Phi) is 7.98. The number of hydrogen-bond acceptors (Lipinski definition) is 6. The summed E-state index contributed by atoms with van der Waals surface area (Å²) in [5.41, 5.74) is 0.707. The van der Waals surface area contributed by atoms with Gasteiger partial charge < -0.3 is 15.3 Å². The zero-order valence-corrected chi connectivity index (χ0v) is 20.9. The zero-order valence-electron chi connectivity index (χ0n) is 19.3. The van der Waals surface area contributed by atoms with Crippen LogP contribution in [0, 0.1) is 23.2 Å². The monoisotopic (exact) mass is 523 g/mol. The molecule has 0 saturated carbocycles. The van der Waals surface area contributed by atoms with E-state index in [1.165, 1.54) is 8.61 Å². The number of carbonyl (C=O) groups is 2. The third kappa shape index (κ3) is 5.47. The number of likely N-dealkylation sites (tertiary alicyclic amines) is 1. The number of rotatable bonds is 7. The topological polar surface area (TPSA) is 134 Å². The first-order valence-electron chi connectivity index (χ1n) is 11.9. The van der Waals surface area contributed by atoms with E-state index in [4.69, 9.17) is 16.9 Å². The fourth-order valence-electron chi connectivity index (χ4n) is 4.96. The molecule has 0 spiro atoms. The van der Waals surface area contributed by atoms with Crippen molar-refractivity contribution in [1.82, 2.24) is 18.8 Å². The molecule has 12 heteroatoms. The summed E-state index contributed by atoms with van der Waals surface area (Å²) in [6, 6.07) is 7.61. The first-order valence-corrected chi connectivity index (χ1v) is 13.6. The van der Waals surface area contributed by atoms with Crippen LogP contribution in [0.25, 0.3) is 0 Å². The van der Waals surface area contributed by atoms with Crippen molar-refractivity contribution in [2.45, 2.75) is 37.8 Å². The molecule has 0 radical (unpaired) electrons. The number of piperidine rings is 1. The molecule has 0 bridgehead atoms. The molecule has 4 rings (SSSR count). The van der Waals surface area contributed by atoms with Crippen LogP contribution in [-0.4, -0.2) is 84.2 Å². The number of nitrogens with one attached hydrogen (secondary N) is 1. The molecule has 190 valence electrons. The summed E-state index contributed by atoms with van der Waals surface area (Å²) in [5.74, 6) is -1.36. The van der Waals surface area contributed by atoms with Crippen LogP contribution in [0.2, 0.25) is 5.02 Å². The number of amides is 2. The lowest BCUT2D eigenvalue weighted by molar-refractivity contribution is -0.142. The van der Waals surface area contributed by atoms with Crippen molar-refractivity contribution in [3.8, 4) is 6.07 Å². The Morgan fingerprint density at radius 3 is 2.46 bits per heavy atom. The summed E-state index contributed by atoms with van der Waals surface area (Å²) in [6.07, 6.45) is 2.29. The fourth-order valence-corrected chi connectivity index (χ4v) is 6.88. The van der Waals surface area contributed by atoms with Crippen LogP contribution in [0.1, 0.15) is 37.3 Å². The highest BCUT2D eigenvalue weighted by Gasteiger charge is 2.44. The predicted molar refractivity (Wildman–Crippen MR) is 128 cm³/mol. The van der Waals surface area contributed by atoms with Gasteiger partial charge in [0, 0.05) is 37.7 Å². The second-order valence-electron chi connectivity index (χ2n) is 9.33. The molecule has 1 aromatic rings. The quantitative estimate of drug-likeness (QED) is 0.545. The average Bonchev–Trinajstić information content (AvgIpc) is 3.32. The van der Waals surface area contributed by atoms with Gasteiger partial charge >= 0.3 is 0 Å². The molecule has 10 nitrogen and oxygen atoms in total. The van der Waals surface area contributed by atoms with Crippen molar-refractivity contribution in [2.24, 2.45) is 11.8 Å². The van der Waals surface area contributed by atoms with E-state index in [1.807, 2.05) is 0 Å². The second kappa shape index (κ2) is 10.8. The molecule has 0 aliphatic carbocycles. The number of nitriles is 1. The lowest BCUT2D eigenvalue weighted by atomic mass is 9.97. The molecule has 3 fully saturated rings. The zero-order chi connectivity index (χ0) is 25.2. The molecule has 35 heavy (non-hydrogen) atoms. The highest BCUT2D eigenvalue weighted by molar-refractivity contribution is 7.86. The van der Waals surface area contributed by atoms with Crippen molar-refractivity contribution in [1.29, 1.82) is 5.26 Å². The smallest absolute Gasteiger partial charge is 0.282 e. The minimum Gasteiger partial charge on any atom is -0.394 e. The van der Waals surface area contributed by atoms with Crippen molar-refractivity contribution >= 4 is 33.6 Å². The third-order valence-electron chi connectivity index (χ3n) is 7.03. The summed E-state index contributed by atoms with van der Waals surface area (Å²) in [5, 5.41) is 22.1. The Labute approximate surface area is 210 Å². The van der Waals surface area contributed by atoms with Crippen LogP contribution in [0.3, 0.4) is 0 Å².